The molecule has 0 radical (unpaired) electrons. The van der Waals surface area contributed by atoms with Crippen molar-refractivity contribution in [2.24, 2.45) is 5.92 Å². The average molecular weight is 442 g/mol. The van der Waals surface area contributed by atoms with Crippen LogP contribution in [0.15, 0.2) is 42.5 Å². The van der Waals surface area contributed by atoms with Gasteiger partial charge in [-0.15, -0.1) is 0 Å². The lowest BCUT2D eigenvalue weighted by Crippen LogP contribution is -2.34. The lowest BCUT2D eigenvalue weighted by molar-refractivity contribution is -0.117. The van der Waals surface area contributed by atoms with Gasteiger partial charge >= 0.3 is 0 Å². The van der Waals surface area contributed by atoms with Crippen LogP contribution in [0.1, 0.15) is 35.7 Å². The lowest BCUT2D eigenvalue weighted by atomic mass is 10.1. The van der Waals surface area contributed by atoms with E-state index in [-0.39, 0.29) is 22.8 Å². The molecule has 31 heavy (non-hydrogen) atoms. The van der Waals surface area contributed by atoms with Crippen molar-refractivity contribution in [1.82, 2.24) is 5.32 Å². The molecule has 0 unspecified atom stereocenters. The van der Waals surface area contributed by atoms with Gasteiger partial charge in [-0.3, -0.25) is 14.9 Å². The van der Waals surface area contributed by atoms with Crippen LogP contribution in [0.5, 0.6) is 5.75 Å². The summed E-state index contributed by atoms with van der Waals surface area (Å²) in [5.41, 5.74) is 2.73. The summed E-state index contributed by atoms with van der Waals surface area (Å²) in [7, 11) is 0. The second kappa shape index (κ2) is 10.9. The molecule has 7 nitrogen and oxygen atoms in total. The Hall–Kier alpha value is -2.97. The molecule has 1 aliphatic carbocycles. The molecular weight excluding hydrogens is 414 g/mol. The van der Waals surface area contributed by atoms with E-state index in [1.54, 1.807) is 30.3 Å². The highest BCUT2D eigenvalue weighted by atomic mass is 32.1. The predicted molar refractivity (Wildman–Crippen MR) is 125 cm³/mol. The van der Waals surface area contributed by atoms with E-state index in [4.69, 9.17) is 21.7 Å². The lowest BCUT2D eigenvalue weighted by Gasteiger charge is -2.14. The third kappa shape index (κ3) is 6.77. The van der Waals surface area contributed by atoms with Gasteiger partial charge in [-0.25, -0.2) is 0 Å². The first-order valence-corrected chi connectivity index (χ1v) is 10.7. The summed E-state index contributed by atoms with van der Waals surface area (Å²) < 4.78 is 10.9. The van der Waals surface area contributed by atoms with E-state index in [2.05, 4.69) is 16.0 Å². The van der Waals surface area contributed by atoms with Gasteiger partial charge in [-0.2, -0.15) is 0 Å². The summed E-state index contributed by atoms with van der Waals surface area (Å²) in [6.07, 6.45) is 1.88. The minimum Gasteiger partial charge on any atom is -0.490 e. The molecule has 1 aliphatic rings. The first kappa shape index (κ1) is 22.7. The Balaban J connectivity index is 1.59. The van der Waals surface area contributed by atoms with Gasteiger partial charge in [0, 0.05) is 23.9 Å². The van der Waals surface area contributed by atoms with Crippen molar-refractivity contribution >= 4 is 40.5 Å². The molecule has 0 spiro atoms. The fourth-order valence-corrected chi connectivity index (χ4v) is 3.09. The SMILES string of the molecule is CCOCCOc1ccccc1C(=O)NC(=S)Nc1ccc(C)c(NC(=O)C2CC2)c1. The third-order valence-corrected chi connectivity index (χ3v) is 4.95. The van der Waals surface area contributed by atoms with Crippen LogP contribution in [-0.2, 0) is 9.53 Å². The Labute approximate surface area is 187 Å². The highest BCUT2D eigenvalue weighted by Gasteiger charge is 2.29. The molecule has 2 aromatic rings. The highest BCUT2D eigenvalue weighted by Crippen LogP contribution is 2.31. The normalized spacial score (nSPS) is 12.7. The number of carbonyl (C=O) groups excluding carboxylic acids is 2. The maximum Gasteiger partial charge on any atom is 0.261 e. The first-order chi connectivity index (χ1) is 15.0. The van der Waals surface area contributed by atoms with Crippen molar-refractivity contribution in [2.45, 2.75) is 26.7 Å². The van der Waals surface area contributed by atoms with Crippen LogP contribution in [-0.4, -0.2) is 36.7 Å². The van der Waals surface area contributed by atoms with Crippen molar-refractivity contribution in [3.8, 4) is 5.75 Å². The van der Waals surface area contributed by atoms with Crippen LogP contribution in [0.3, 0.4) is 0 Å². The van der Waals surface area contributed by atoms with Crippen molar-refractivity contribution in [1.29, 1.82) is 0 Å². The maximum atomic E-state index is 12.7. The molecule has 1 saturated carbocycles. The fourth-order valence-electron chi connectivity index (χ4n) is 2.88. The standard InChI is InChI=1S/C23H27N3O4S/c1-3-29-12-13-30-20-7-5-4-6-18(20)22(28)26-23(31)24-17-11-8-15(2)19(14-17)25-21(27)16-9-10-16/h4-8,11,14,16H,3,9-10,12-13H2,1-2H3,(H,25,27)(H2,24,26,28,31). The number of nitrogens with one attached hydrogen (secondary N) is 3. The van der Waals surface area contributed by atoms with Crippen LogP contribution in [0.2, 0.25) is 0 Å². The molecule has 0 aliphatic heterocycles. The van der Waals surface area contributed by atoms with Crippen molar-refractivity contribution < 1.29 is 19.1 Å². The molecule has 0 aromatic heterocycles. The number of carbonyl (C=O) groups is 2. The number of rotatable bonds is 9. The Bertz CT molecular complexity index is 960. The number of amides is 2. The quantitative estimate of drug-likeness (QED) is 0.404. The van der Waals surface area contributed by atoms with Gasteiger partial charge in [0.2, 0.25) is 5.91 Å². The molecule has 2 aromatic carbocycles. The number of para-hydroxylation sites is 1. The largest absolute Gasteiger partial charge is 0.490 e. The van der Waals surface area contributed by atoms with Crippen LogP contribution in [0, 0.1) is 12.8 Å². The smallest absolute Gasteiger partial charge is 0.261 e. The minimum atomic E-state index is -0.376. The van der Waals surface area contributed by atoms with Crippen molar-refractivity contribution in [3.05, 3.63) is 53.6 Å². The molecule has 1 fully saturated rings. The number of hydrogen-bond donors (Lipinski definition) is 3. The van der Waals surface area contributed by atoms with E-state index in [0.29, 0.717) is 36.8 Å². The number of ether oxygens (including phenoxy) is 2. The monoisotopic (exact) mass is 441 g/mol. The number of hydrogen-bond acceptors (Lipinski definition) is 5. The van der Waals surface area contributed by atoms with Crippen molar-refractivity contribution in [2.75, 3.05) is 30.5 Å². The van der Waals surface area contributed by atoms with E-state index < -0.39 is 0 Å². The van der Waals surface area contributed by atoms with Gasteiger partial charge in [0.1, 0.15) is 12.4 Å². The van der Waals surface area contributed by atoms with E-state index in [1.165, 1.54) is 0 Å². The molecule has 2 amide bonds. The number of aryl methyl sites for hydroxylation is 1. The Morgan fingerprint density at radius 1 is 1.10 bits per heavy atom. The van der Waals surface area contributed by atoms with E-state index in [0.717, 1.165) is 24.1 Å². The molecular formula is C23H27N3O4S. The predicted octanol–water partition coefficient (Wildman–Crippen LogP) is 3.89. The van der Waals surface area contributed by atoms with Gasteiger partial charge in [-0.05, 0) is 68.7 Å². The molecule has 3 rings (SSSR count). The summed E-state index contributed by atoms with van der Waals surface area (Å²) >= 11 is 5.30. The summed E-state index contributed by atoms with van der Waals surface area (Å²) in [4.78, 5) is 24.8. The van der Waals surface area contributed by atoms with Gasteiger partial charge in [0.25, 0.3) is 5.91 Å². The zero-order valence-corrected chi connectivity index (χ0v) is 18.5. The molecule has 0 bridgehead atoms. The molecule has 0 heterocycles. The van der Waals surface area contributed by atoms with Crippen molar-refractivity contribution in [3.63, 3.8) is 0 Å². The zero-order chi connectivity index (χ0) is 22.2. The zero-order valence-electron chi connectivity index (χ0n) is 17.7. The van der Waals surface area contributed by atoms with Crippen LogP contribution < -0.4 is 20.7 Å². The van der Waals surface area contributed by atoms with Crippen LogP contribution in [0.4, 0.5) is 11.4 Å². The van der Waals surface area contributed by atoms with E-state index in [1.807, 2.05) is 26.0 Å². The summed E-state index contributed by atoms with van der Waals surface area (Å²) in [6, 6.07) is 12.5. The molecule has 0 saturated heterocycles. The molecule has 0 atom stereocenters. The minimum absolute atomic E-state index is 0.0390. The topological polar surface area (TPSA) is 88.7 Å². The Morgan fingerprint density at radius 3 is 2.61 bits per heavy atom. The van der Waals surface area contributed by atoms with E-state index >= 15 is 0 Å². The van der Waals surface area contributed by atoms with Crippen LogP contribution >= 0.6 is 12.2 Å². The first-order valence-electron chi connectivity index (χ1n) is 10.3. The van der Waals surface area contributed by atoms with Crippen LogP contribution in [0.25, 0.3) is 0 Å². The summed E-state index contributed by atoms with van der Waals surface area (Å²) in [5, 5.41) is 8.77. The van der Waals surface area contributed by atoms with E-state index in [9.17, 15) is 9.59 Å². The average Bonchev–Trinajstić information content (AvgIpc) is 3.59. The second-order valence-electron chi connectivity index (χ2n) is 7.24. The summed E-state index contributed by atoms with van der Waals surface area (Å²) in [5.74, 6) is 0.242. The molecule has 3 N–H and O–H groups in total. The number of anilines is 2. The Kier molecular flexibility index (Phi) is 7.97. The number of benzene rings is 2. The maximum absolute atomic E-state index is 12.7. The highest BCUT2D eigenvalue weighted by molar-refractivity contribution is 7.80. The van der Waals surface area contributed by atoms with Gasteiger partial charge in [-0.1, -0.05) is 18.2 Å². The summed E-state index contributed by atoms with van der Waals surface area (Å²) in [6.45, 7) is 5.23. The third-order valence-electron chi connectivity index (χ3n) is 4.75. The Morgan fingerprint density at radius 2 is 1.87 bits per heavy atom. The van der Waals surface area contributed by atoms with Gasteiger partial charge < -0.3 is 20.1 Å². The molecule has 164 valence electrons. The fraction of sp³-hybridized carbons (Fsp3) is 0.348. The number of thiocarbonyl (C=S) groups is 1. The second-order valence-corrected chi connectivity index (χ2v) is 7.65. The van der Waals surface area contributed by atoms with Gasteiger partial charge in [0.05, 0.1) is 12.2 Å². The van der Waals surface area contributed by atoms with Gasteiger partial charge in [0.15, 0.2) is 5.11 Å². The molecule has 8 heteroatoms.